The highest BCUT2D eigenvalue weighted by atomic mass is 35.5. The number of carbonyl (C=O) groups is 1. The Morgan fingerprint density at radius 3 is 2.60 bits per heavy atom. The summed E-state index contributed by atoms with van der Waals surface area (Å²) in [6.45, 7) is 6.94. The summed E-state index contributed by atoms with van der Waals surface area (Å²) in [6, 6.07) is 0. The van der Waals surface area contributed by atoms with Crippen LogP contribution < -0.4 is 10.6 Å². The number of aromatic nitrogens is 1. The van der Waals surface area contributed by atoms with Gasteiger partial charge in [0.1, 0.15) is 5.69 Å². The third-order valence-corrected chi connectivity index (χ3v) is 3.46. The van der Waals surface area contributed by atoms with Gasteiger partial charge in [0.15, 0.2) is 0 Å². The van der Waals surface area contributed by atoms with Gasteiger partial charge >= 0.3 is 0 Å². The minimum atomic E-state index is -0.105. The second kappa shape index (κ2) is 12.3. The van der Waals surface area contributed by atoms with Gasteiger partial charge in [0.2, 0.25) is 0 Å². The summed E-state index contributed by atoms with van der Waals surface area (Å²) in [7, 11) is 1.66. The number of ether oxygens (including phenoxy) is 1. The molecule has 0 unspecified atom stereocenters. The highest BCUT2D eigenvalue weighted by molar-refractivity contribution is 7.09. The topological polar surface area (TPSA) is 63.2 Å². The summed E-state index contributed by atoms with van der Waals surface area (Å²) in [5, 5.41) is 8.80. The lowest BCUT2D eigenvalue weighted by Gasteiger charge is -2.05. The van der Waals surface area contributed by atoms with E-state index in [4.69, 9.17) is 4.74 Å². The van der Waals surface area contributed by atoms with E-state index in [1.165, 1.54) is 11.3 Å². The average molecular weight is 344 g/mol. The molecular formula is C12H23Cl2N3O2S. The zero-order valence-corrected chi connectivity index (χ0v) is 14.4. The Morgan fingerprint density at radius 2 is 2.05 bits per heavy atom. The van der Waals surface area contributed by atoms with E-state index in [9.17, 15) is 4.79 Å². The lowest BCUT2D eigenvalue weighted by Crippen LogP contribution is -2.33. The molecule has 0 aliphatic heterocycles. The van der Waals surface area contributed by atoms with Crippen molar-refractivity contribution in [1.82, 2.24) is 15.6 Å². The van der Waals surface area contributed by atoms with Crippen molar-refractivity contribution in [1.29, 1.82) is 0 Å². The van der Waals surface area contributed by atoms with Crippen molar-refractivity contribution >= 4 is 42.1 Å². The standard InChI is InChI=1S/C12H21N3O2S.2ClH/c1-9(2)12-15-10(8-18-12)11(16)14-5-4-13-6-7-17-3;;/h8-9,13H,4-7H2,1-3H3,(H,14,16);2*1H. The van der Waals surface area contributed by atoms with Crippen LogP contribution in [0.1, 0.15) is 35.3 Å². The Hall–Kier alpha value is -0.400. The van der Waals surface area contributed by atoms with Crippen LogP contribution in [0.3, 0.4) is 0 Å². The molecule has 0 aliphatic carbocycles. The second-order valence-electron chi connectivity index (χ2n) is 4.22. The molecular weight excluding hydrogens is 321 g/mol. The highest BCUT2D eigenvalue weighted by Gasteiger charge is 2.11. The molecule has 20 heavy (non-hydrogen) atoms. The summed E-state index contributed by atoms with van der Waals surface area (Å²) in [4.78, 5) is 16.1. The summed E-state index contributed by atoms with van der Waals surface area (Å²) in [6.07, 6.45) is 0. The number of hydrogen-bond donors (Lipinski definition) is 2. The van der Waals surface area contributed by atoms with E-state index >= 15 is 0 Å². The minimum absolute atomic E-state index is 0. The lowest BCUT2D eigenvalue weighted by molar-refractivity contribution is 0.0949. The maximum atomic E-state index is 11.8. The van der Waals surface area contributed by atoms with Crippen molar-refractivity contribution in [2.45, 2.75) is 19.8 Å². The Kier molecular flexibility index (Phi) is 13.5. The van der Waals surface area contributed by atoms with Gasteiger partial charge in [-0.2, -0.15) is 0 Å². The molecule has 118 valence electrons. The third kappa shape index (κ3) is 8.01. The molecule has 1 heterocycles. The number of thiazole rings is 1. The quantitative estimate of drug-likeness (QED) is 0.709. The number of methoxy groups -OCH3 is 1. The molecule has 0 saturated heterocycles. The van der Waals surface area contributed by atoms with Gasteiger partial charge < -0.3 is 15.4 Å². The largest absolute Gasteiger partial charge is 0.383 e. The van der Waals surface area contributed by atoms with Crippen LogP contribution in [0.4, 0.5) is 0 Å². The van der Waals surface area contributed by atoms with Crippen LogP contribution in [-0.4, -0.2) is 44.2 Å². The number of nitrogens with one attached hydrogen (secondary N) is 2. The van der Waals surface area contributed by atoms with Crippen LogP contribution >= 0.6 is 36.2 Å². The molecule has 1 amide bonds. The maximum Gasteiger partial charge on any atom is 0.270 e. The van der Waals surface area contributed by atoms with Crippen LogP contribution in [0, 0.1) is 0 Å². The molecule has 0 bridgehead atoms. The number of carbonyl (C=O) groups excluding carboxylic acids is 1. The normalized spacial score (nSPS) is 9.80. The van der Waals surface area contributed by atoms with Crippen molar-refractivity contribution in [2.75, 3.05) is 33.4 Å². The van der Waals surface area contributed by atoms with Crippen molar-refractivity contribution < 1.29 is 9.53 Å². The van der Waals surface area contributed by atoms with Gasteiger partial charge in [-0.05, 0) is 0 Å². The molecule has 0 aromatic carbocycles. The van der Waals surface area contributed by atoms with Crippen molar-refractivity contribution in [2.24, 2.45) is 0 Å². The molecule has 0 saturated carbocycles. The molecule has 0 radical (unpaired) electrons. The van der Waals surface area contributed by atoms with E-state index in [1.807, 2.05) is 5.38 Å². The molecule has 0 spiro atoms. The number of rotatable bonds is 8. The molecule has 2 N–H and O–H groups in total. The van der Waals surface area contributed by atoms with Crippen molar-refractivity contribution in [3.05, 3.63) is 16.1 Å². The summed E-state index contributed by atoms with van der Waals surface area (Å²) in [5.41, 5.74) is 0.514. The minimum Gasteiger partial charge on any atom is -0.383 e. The van der Waals surface area contributed by atoms with E-state index in [1.54, 1.807) is 7.11 Å². The molecule has 0 aliphatic rings. The monoisotopic (exact) mass is 343 g/mol. The first-order valence-corrected chi connectivity index (χ1v) is 6.96. The molecule has 1 aromatic heterocycles. The zero-order chi connectivity index (χ0) is 13.4. The Balaban J connectivity index is 0. The maximum absolute atomic E-state index is 11.8. The lowest BCUT2D eigenvalue weighted by atomic mass is 10.2. The number of amides is 1. The van der Waals surface area contributed by atoms with Crippen molar-refractivity contribution in [3.63, 3.8) is 0 Å². The van der Waals surface area contributed by atoms with Gasteiger partial charge in [0.05, 0.1) is 11.6 Å². The van der Waals surface area contributed by atoms with Gasteiger partial charge in [-0.3, -0.25) is 4.79 Å². The highest BCUT2D eigenvalue weighted by Crippen LogP contribution is 2.18. The summed E-state index contributed by atoms with van der Waals surface area (Å²) >= 11 is 1.53. The predicted octanol–water partition coefficient (Wildman–Crippen LogP) is 2.08. The number of halogens is 2. The number of hydrogen-bond acceptors (Lipinski definition) is 5. The molecule has 5 nitrogen and oxygen atoms in total. The Morgan fingerprint density at radius 1 is 1.35 bits per heavy atom. The smallest absolute Gasteiger partial charge is 0.270 e. The zero-order valence-electron chi connectivity index (χ0n) is 12.0. The molecule has 0 fully saturated rings. The molecule has 8 heteroatoms. The third-order valence-electron chi connectivity index (χ3n) is 2.32. The van der Waals surface area contributed by atoms with Crippen LogP contribution in [0.2, 0.25) is 0 Å². The van der Waals surface area contributed by atoms with Gasteiger partial charge in [-0.25, -0.2) is 4.98 Å². The van der Waals surface area contributed by atoms with Gasteiger partial charge in [0, 0.05) is 38.0 Å². The van der Waals surface area contributed by atoms with Gasteiger partial charge in [-0.1, -0.05) is 13.8 Å². The fourth-order valence-electron chi connectivity index (χ4n) is 1.31. The number of nitrogens with zero attached hydrogens (tertiary/aromatic N) is 1. The van der Waals surface area contributed by atoms with Gasteiger partial charge in [-0.15, -0.1) is 36.2 Å². The van der Waals surface area contributed by atoms with E-state index < -0.39 is 0 Å². The van der Waals surface area contributed by atoms with Gasteiger partial charge in [0.25, 0.3) is 5.91 Å². The molecule has 0 atom stereocenters. The van der Waals surface area contributed by atoms with Crippen LogP contribution in [0.5, 0.6) is 0 Å². The SMILES string of the molecule is COCCNCCNC(=O)c1csc(C(C)C)n1.Cl.Cl. The molecule has 1 rings (SSSR count). The Labute approximate surface area is 136 Å². The molecule has 1 aromatic rings. The van der Waals surface area contributed by atoms with E-state index in [0.717, 1.165) is 18.1 Å². The Bertz CT molecular complexity index is 375. The first-order chi connectivity index (χ1) is 8.65. The predicted molar refractivity (Wildman–Crippen MR) is 87.8 cm³/mol. The van der Waals surface area contributed by atoms with Crippen molar-refractivity contribution in [3.8, 4) is 0 Å². The fraction of sp³-hybridized carbons (Fsp3) is 0.667. The van der Waals surface area contributed by atoms with Crippen LogP contribution in [-0.2, 0) is 4.74 Å². The van der Waals surface area contributed by atoms with E-state index in [-0.39, 0.29) is 30.7 Å². The van der Waals surface area contributed by atoms with E-state index in [2.05, 4.69) is 29.5 Å². The second-order valence-corrected chi connectivity index (χ2v) is 5.11. The van der Waals surface area contributed by atoms with Crippen LogP contribution in [0.25, 0.3) is 0 Å². The summed E-state index contributed by atoms with van der Waals surface area (Å²) in [5.74, 6) is 0.263. The van der Waals surface area contributed by atoms with E-state index in [0.29, 0.717) is 24.8 Å². The van der Waals surface area contributed by atoms with Crippen LogP contribution in [0.15, 0.2) is 5.38 Å². The fourth-order valence-corrected chi connectivity index (χ4v) is 2.13. The average Bonchev–Trinajstić information content (AvgIpc) is 2.83. The first kappa shape index (κ1) is 21.9. The summed E-state index contributed by atoms with van der Waals surface area (Å²) < 4.78 is 4.91. The first-order valence-electron chi connectivity index (χ1n) is 6.08.